The minimum atomic E-state index is 0.406. The lowest BCUT2D eigenvalue weighted by Gasteiger charge is -2.22. The molecule has 0 radical (unpaired) electrons. The highest BCUT2D eigenvalue weighted by atomic mass is 35.5. The van der Waals surface area contributed by atoms with E-state index in [1.807, 2.05) is 11.2 Å². The summed E-state index contributed by atoms with van der Waals surface area (Å²) in [6.45, 7) is 1.84. The Morgan fingerprint density at radius 2 is 2.28 bits per heavy atom. The molecule has 0 atom stereocenters. The molecule has 0 aliphatic heterocycles. The molecule has 0 N–H and O–H groups in total. The van der Waals surface area contributed by atoms with Crippen LogP contribution in [-0.4, -0.2) is 43.0 Å². The molecule has 0 saturated heterocycles. The van der Waals surface area contributed by atoms with Crippen LogP contribution in [0.5, 0.6) is 0 Å². The second kappa shape index (κ2) is 8.14. The van der Waals surface area contributed by atoms with Crippen LogP contribution >= 0.6 is 23.4 Å². The number of hydrogen-bond donors (Lipinski definition) is 0. The molecule has 1 heterocycles. The lowest BCUT2D eigenvalue weighted by molar-refractivity contribution is 0.205. The summed E-state index contributed by atoms with van der Waals surface area (Å²) in [5.74, 6) is 0.728. The van der Waals surface area contributed by atoms with Crippen LogP contribution in [0.25, 0.3) is 0 Å². The van der Waals surface area contributed by atoms with Crippen molar-refractivity contribution in [3.05, 3.63) is 11.2 Å². The largest absolute Gasteiger partial charge is 0.383 e. The molecule has 0 amide bonds. The molecule has 0 spiro atoms. The summed E-state index contributed by atoms with van der Waals surface area (Å²) < 4.78 is 5.05. The molecule has 0 bridgehead atoms. The smallest absolute Gasteiger partial charge is 0.190 e. The van der Waals surface area contributed by atoms with Gasteiger partial charge in [-0.3, -0.25) is 0 Å². The number of nitriles is 1. The minimum Gasteiger partial charge on any atom is -0.383 e. The van der Waals surface area contributed by atoms with Gasteiger partial charge in [0.15, 0.2) is 5.16 Å². The van der Waals surface area contributed by atoms with Gasteiger partial charge in [-0.1, -0.05) is 23.4 Å². The Morgan fingerprint density at radius 3 is 2.89 bits per heavy atom. The summed E-state index contributed by atoms with van der Waals surface area (Å²) in [5.41, 5.74) is 0. The summed E-state index contributed by atoms with van der Waals surface area (Å²) >= 11 is 7.39. The Hall–Kier alpha value is -1.03. The lowest BCUT2D eigenvalue weighted by atomic mass is 10.4. The molecule has 1 aromatic heterocycles. The molecule has 0 aliphatic rings. The minimum absolute atomic E-state index is 0.406. The van der Waals surface area contributed by atoms with Gasteiger partial charge in [0.25, 0.3) is 0 Å². The van der Waals surface area contributed by atoms with E-state index in [0.29, 0.717) is 36.4 Å². The first-order chi connectivity index (χ1) is 8.71. The number of ether oxygens (including phenoxy) is 1. The van der Waals surface area contributed by atoms with Gasteiger partial charge in [0.1, 0.15) is 11.0 Å². The second-order valence-electron chi connectivity index (χ2n) is 3.42. The van der Waals surface area contributed by atoms with E-state index in [4.69, 9.17) is 21.6 Å². The molecule has 0 aliphatic carbocycles. The zero-order valence-electron chi connectivity index (χ0n) is 10.4. The van der Waals surface area contributed by atoms with Gasteiger partial charge in [0.2, 0.25) is 0 Å². The molecule has 0 unspecified atom stereocenters. The third kappa shape index (κ3) is 4.69. The topological polar surface area (TPSA) is 62.0 Å². The first-order valence-electron chi connectivity index (χ1n) is 5.40. The van der Waals surface area contributed by atoms with Crippen LogP contribution in [0.4, 0.5) is 5.82 Å². The molecule has 0 fully saturated rings. The Balaban J connectivity index is 2.88. The summed E-state index contributed by atoms with van der Waals surface area (Å²) in [6, 6.07) is 3.83. The first kappa shape index (κ1) is 15.0. The maximum Gasteiger partial charge on any atom is 0.190 e. The predicted molar refractivity (Wildman–Crippen MR) is 73.1 cm³/mol. The zero-order valence-corrected chi connectivity index (χ0v) is 12.0. The number of aromatic nitrogens is 2. The van der Waals surface area contributed by atoms with Crippen molar-refractivity contribution in [2.24, 2.45) is 0 Å². The van der Waals surface area contributed by atoms with Crippen LogP contribution in [0.3, 0.4) is 0 Å². The van der Waals surface area contributed by atoms with Gasteiger partial charge in [-0.25, -0.2) is 9.97 Å². The number of thioether (sulfide) groups is 1. The number of anilines is 1. The molecular formula is C11H15ClN4OS. The molecule has 18 heavy (non-hydrogen) atoms. The van der Waals surface area contributed by atoms with E-state index in [1.165, 1.54) is 11.8 Å². The van der Waals surface area contributed by atoms with E-state index >= 15 is 0 Å². The molecule has 0 saturated carbocycles. The summed E-state index contributed by atoms with van der Waals surface area (Å²) in [7, 11) is 1.64. The normalized spacial score (nSPS) is 10.1. The van der Waals surface area contributed by atoms with Gasteiger partial charge in [0, 0.05) is 26.3 Å². The van der Waals surface area contributed by atoms with E-state index in [0.717, 1.165) is 5.82 Å². The second-order valence-corrected chi connectivity index (χ2v) is 4.58. The van der Waals surface area contributed by atoms with Crippen LogP contribution in [0.1, 0.15) is 6.42 Å². The van der Waals surface area contributed by atoms with Crippen LogP contribution in [0.15, 0.2) is 11.2 Å². The number of halogens is 1. The molecule has 98 valence electrons. The highest BCUT2D eigenvalue weighted by Gasteiger charge is 2.10. The van der Waals surface area contributed by atoms with Crippen molar-refractivity contribution in [3.63, 3.8) is 0 Å². The van der Waals surface area contributed by atoms with E-state index in [2.05, 4.69) is 16.0 Å². The van der Waals surface area contributed by atoms with Gasteiger partial charge in [-0.15, -0.1) is 0 Å². The molecule has 7 heteroatoms. The molecular weight excluding hydrogens is 272 g/mol. The quantitative estimate of drug-likeness (QED) is 0.435. The van der Waals surface area contributed by atoms with Crippen LogP contribution in [0, 0.1) is 11.3 Å². The average molecular weight is 287 g/mol. The highest BCUT2D eigenvalue weighted by Crippen LogP contribution is 2.20. The van der Waals surface area contributed by atoms with Gasteiger partial charge in [-0.05, 0) is 6.26 Å². The van der Waals surface area contributed by atoms with Crippen molar-refractivity contribution in [2.75, 3.05) is 38.0 Å². The SMILES string of the molecule is COCCN(CCC#N)c1cc(Cl)nc(SC)n1. The summed E-state index contributed by atoms with van der Waals surface area (Å²) in [4.78, 5) is 10.4. The monoisotopic (exact) mass is 286 g/mol. The van der Waals surface area contributed by atoms with Crippen LogP contribution in [-0.2, 0) is 4.74 Å². The molecule has 0 aromatic carbocycles. The standard InChI is InChI=1S/C11H15ClN4OS/c1-17-7-6-16(5-3-4-13)10-8-9(12)14-11(15-10)18-2/h8H,3,5-7H2,1-2H3. The van der Waals surface area contributed by atoms with Crippen molar-refractivity contribution in [1.29, 1.82) is 5.26 Å². The zero-order chi connectivity index (χ0) is 13.4. The molecule has 5 nitrogen and oxygen atoms in total. The van der Waals surface area contributed by atoms with E-state index < -0.39 is 0 Å². The van der Waals surface area contributed by atoms with E-state index in [9.17, 15) is 0 Å². The maximum absolute atomic E-state index is 8.67. The van der Waals surface area contributed by atoms with Crippen molar-refractivity contribution < 1.29 is 4.74 Å². The average Bonchev–Trinajstić information content (AvgIpc) is 2.38. The van der Waals surface area contributed by atoms with Crippen molar-refractivity contribution >= 4 is 29.2 Å². The summed E-state index contributed by atoms with van der Waals surface area (Å²) in [5, 5.41) is 9.70. The fraction of sp³-hybridized carbons (Fsp3) is 0.545. The lowest BCUT2D eigenvalue weighted by Crippen LogP contribution is -2.29. The first-order valence-corrected chi connectivity index (χ1v) is 7.01. The fourth-order valence-electron chi connectivity index (χ4n) is 1.37. The molecule has 1 rings (SSSR count). The van der Waals surface area contributed by atoms with Gasteiger partial charge < -0.3 is 9.64 Å². The summed E-state index contributed by atoms with van der Waals surface area (Å²) in [6.07, 6.45) is 2.32. The number of nitrogens with zero attached hydrogens (tertiary/aromatic N) is 4. The van der Waals surface area contributed by atoms with Crippen LogP contribution in [0.2, 0.25) is 5.15 Å². The third-order valence-corrected chi connectivity index (χ3v) is 2.97. The van der Waals surface area contributed by atoms with Crippen molar-refractivity contribution in [3.8, 4) is 6.07 Å². The van der Waals surface area contributed by atoms with Crippen molar-refractivity contribution in [2.45, 2.75) is 11.6 Å². The van der Waals surface area contributed by atoms with Crippen LogP contribution < -0.4 is 4.90 Å². The Kier molecular flexibility index (Phi) is 6.80. The Morgan fingerprint density at radius 1 is 1.50 bits per heavy atom. The van der Waals surface area contributed by atoms with Gasteiger partial charge in [0.05, 0.1) is 19.1 Å². The highest BCUT2D eigenvalue weighted by molar-refractivity contribution is 7.98. The number of hydrogen-bond acceptors (Lipinski definition) is 6. The predicted octanol–water partition coefficient (Wildman–Crippen LogP) is 2.22. The van der Waals surface area contributed by atoms with Crippen molar-refractivity contribution in [1.82, 2.24) is 9.97 Å². The Labute approximate surface area is 116 Å². The third-order valence-electron chi connectivity index (χ3n) is 2.23. The fourth-order valence-corrected chi connectivity index (χ4v) is 1.97. The molecule has 1 aromatic rings. The van der Waals surface area contributed by atoms with E-state index in [1.54, 1.807) is 13.2 Å². The van der Waals surface area contributed by atoms with Gasteiger partial charge in [-0.2, -0.15) is 5.26 Å². The maximum atomic E-state index is 8.67. The number of methoxy groups -OCH3 is 1. The number of rotatable bonds is 7. The van der Waals surface area contributed by atoms with Gasteiger partial charge >= 0.3 is 0 Å². The van der Waals surface area contributed by atoms with E-state index in [-0.39, 0.29) is 0 Å². The Bertz CT molecular complexity index is 424.